The Labute approximate surface area is 150 Å². The Kier molecular flexibility index (Phi) is 5.20. The zero-order valence-electron chi connectivity index (χ0n) is 15.1. The van der Waals surface area contributed by atoms with E-state index in [1.807, 2.05) is 11.8 Å². The minimum Gasteiger partial charge on any atom is -0.342 e. The maximum Gasteiger partial charge on any atom is 0.246 e. The largest absolute Gasteiger partial charge is 0.342 e. The quantitative estimate of drug-likeness (QED) is 0.766. The van der Waals surface area contributed by atoms with Crippen LogP contribution in [-0.2, 0) is 21.4 Å². The third-order valence-electron chi connectivity index (χ3n) is 5.34. The number of likely N-dealkylation sites (tertiary alicyclic amines) is 1. The van der Waals surface area contributed by atoms with Gasteiger partial charge in [-0.3, -0.25) is 9.48 Å². The van der Waals surface area contributed by atoms with Gasteiger partial charge in [0.2, 0.25) is 15.9 Å². The predicted octanol–water partition coefficient (Wildman–Crippen LogP) is 1.71. The summed E-state index contributed by atoms with van der Waals surface area (Å²) in [6.07, 6.45) is 7.20. The van der Waals surface area contributed by atoms with Gasteiger partial charge in [-0.25, -0.2) is 8.42 Å². The second-order valence-corrected chi connectivity index (χ2v) is 9.14. The molecule has 1 aromatic heterocycles. The molecule has 0 radical (unpaired) electrons. The number of carbonyl (C=O) groups excluding carboxylic acids is 1. The third kappa shape index (κ3) is 3.33. The summed E-state index contributed by atoms with van der Waals surface area (Å²) in [6, 6.07) is 0. The first kappa shape index (κ1) is 18.4. The summed E-state index contributed by atoms with van der Waals surface area (Å²) in [6.45, 7) is 7.05. The van der Waals surface area contributed by atoms with Crippen molar-refractivity contribution < 1.29 is 13.2 Å². The first-order chi connectivity index (χ1) is 11.9. The number of hydrogen-bond acceptors (Lipinski definition) is 4. The van der Waals surface area contributed by atoms with Crippen molar-refractivity contribution in [2.45, 2.75) is 57.4 Å². The number of aryl methyl sites for hydroxylation is 1. The van der Waals surface area contributed by atoms with Crippen LogP contribution in [0.25, 0.3) is 0 Å². The van der Waals surface area contributed by atoms with E-state index in [0.29, 0.717) is 26.1 Å². The molecule has 140 valence electrons. The fourth-order valence-corrected chi connectivity index (χ4v) is 5.51. The maximum atomic E-state index is 12.9. The molecule has 2 aliphatic rings. The second-order valence-electron chi connectivity index (χ2n) is 7.20. The Morgan fingerprint density at radius 2 is 1.92 bits per heavy atom. The van der Waals surface area contributed by atoms with Crippen molar-refractivity contribution in [1.82, 2.24) is 19.0 Å². The Balaban J connectivity index is 1.78. The molecule has 0 aromatic carbocycles. The summed E-state index contributed by atoms with van der Waals surface area (Å²) in [4.78, 5) is 15.1. The van der Waals surface area contributed by atoms with Gasteiger partial charge in [0.05, 0.1) is 11.6 Å². The van der Waals surface area contributed by atoms with Crippen molar-refractivity contribution in [3.63, 3.8) is 0 Å². The van der Waals surface area contributed by atoms with E-state index in [4.69, 9.17) is 0 Å². The average molecular weight is 369 g/mol. The van der Waals surface area contributed by atoms with Gasteiger partial charge < -0.3 is 4.90 Å². The van der Waals surface area contributed by atoms with E-state index in [2.05, 4.69) is 12.0 Å². The van der Waals surface area contributed by atoms with Crippen LogP contribution in [0, 0.1) is 5.41 Å². The summed E-state index contributed by atoms with van der Waals surface area (Å²) in [5, 5.41) is 4.13. The van der Waals surface area contributed by atoms with E-state index in [9.17, 15) is 13.2 Å². The van der Waals surface area contributed by atoms with Crippen LogP contribution in [0.3, 0.4) is 0 Å². The number of rotatable bonds is 6. The van der Waals surface area contributed by atoms with Gasteiger partial charge in [0, 0.05) is 38.9 Å². The van der Waals surface area contributed by atoms with Gasteiger partial charge >= 0.3 is 0 Å². The molecule has 1 amide bonds. The minimum absolute atomic E-state index is 0.139. The normalized spacial score (nSPS) is 25.2. The molecule has 0 aliphatic carbocycles. The number of hydrogen-bond donors (Lipinski definition) is 0. The number of sulfonamides is 1. The molecule has 1 atom stereocenters. The fraction of sp³-hybridized carbons (Fsp3) is 0.765. The standard InChI is InChI=1S/C17H28N4O3S/c1-3-8-19-10-5-6-17(16(19)22)7-11-21(14-17)25(23,24)15-12-18-20(13-15)9-4-2/h12-13H,3-11,14H2,1-2H3. The first-order valence-corrected chi connectivity index (χ1v) is 10.7. The third-order valence-corrected chi connectivity index (χ3v) is 7.13. The monoisotopic (exact) mass is 368 g/mol. The van der Waals surface area contributed by atoms with Crippen LogP contribution in [0.15, 0.2) is 17.3 Å². The Morgan fingerprint density at radius 3 is 2.64 bits per heavy atom. The van der Waals surface area contributed by atoms with Crippen molar-refractivity contribution in [3.8, 4) is 0 Å². The lowest BCUT2D eigenvalue weighted by atomic mass is 9.78. The van der Waals surface area contributed by atoms with E-state index in [1.54, 1.807) is 10.9 Å². The molecule has 3 heterocycles. The van der Waals surface area contributed by atoms with Gasteiger partial charge in [-0.05, 0) is 32.1 Å². The van der Waals surface area contributed by atoms with Gasteiger partial charge in [-0.1, -0.05) is 13.8 Å². The second kappa shape index (κ2) is 7.07. The van der Waals surface area contributed by atoms with Crippen LogP contribution in [0.2, 0.25) is 0 Å². The average Bonchev–Trinajstić information content (AvgIpc) is 3.21. The van der Waals surface area contributed by atoms with Crippen molar-refractivity contribution in [2.75, 3.05) is 26.2 Å². The highest BCUT2D eigenvalue weighted by molar-refractivity contribution is 7.89. The van der Waals surface area contributed by atoms with Crippen molar-refractivity contribution in [2.24, 2.45) is 5.41 Å². The van der Waals surface area contributed by atoms with Crippen LogP contribution >= 0.6 is 0 Å². The summed E-state index contributed by atoms with van der Waals surface area (Å²) < 4.78 is 29.0. The van der Waals surface area contributed by atoms with E-state index in [0.717, 1.165) is 38.8 Å². The van der Waals surface area contributed by atoms with Gasteiger partial charge in [0.1, 0.15) is 4.90 Å². The first-order valence-electron chi connectivity index (χ1n) is 9.25. The minimum atomic E-state index is -3.59. The Bertz CT molecular complexity index is 728. The maximum absolute atomic E-state index is 12.9. The number of amides is 1. The molecule has 2 saturated heterocycles. The van der Waals surface area contributed by atoms with Crippen LogP contribution in [0.5, 0.6) is 0 Å². The molecule has 0 bridgehead atoms. The lowest BCUT2D eigenvalue weighted by molar-refractivity contribution is -0.145. The zero-order valence-corrected chi connectivity index (χ0v) is 16.0. The lowest BCUT2D eigenvalue weighted by Gasteiger charge is -2.39. The van der Waals surface area contributed by atoms with Crippen molar-refractivity contribution >= 4 is 15.9 Å². The van der Waals surface area contributed by atoms with E-state index >= 15 is 0 Å². The summed E-state index contributed by atoms with van der Waals surface area (Å²) in [5.74, 6) is 0.139. The number of aromatic nitrogens is 2. The molecular formula is C17H28N4O3S. The molecule has 25 heavy (non-hydrogen) atoms. The van der Waals surface area contributed by atoms with Crippen molar-refractivity contribution in [3.05, 3.63) is 12.4 Å². The van der Waals surface area contributed by atoms with Crippen LogP contribution in [0.4, 0.5) is 0 Å². The molecule has 2 fully saturated rings. The Hall–Kier alpha value is -1.41. The van der Waals surface area contributed by atoms with E-state index < -0.39 is 15.4 Å². The molecule has 1 spiro atoms. The highest BCUT2D eigenvalue weighted by atomic mass is 32.2. The van der Waals surface area contributed by atoms with Crippen molar-refractivity contribution in [1.29, 1.82) is 0 Å². The SMILES string of the molecule is CCCN1CCCC2(CCN(S(=O)(=O)c3cnn(CCC)c3)C2)C1=O. The molecule has 1 aromatic rings. The molecular weight excluding hydrogens is 340 g/mol. The van der Waals surface area contributed by atoms with Gasteiger partial charge in [-0.15, -0.1) is 0 Å². The molecule has 0 N–H and O–H groups in total. The van der Waals surface area contributed by atoms with Gasteiger partial charge in [-0.2, -0.15) is 9.40 Å². The summed E-state index contributed by atoms with van der Waals surface area (Å²) in [5.41, 5.74) is -0.528. The number of piperidine rings is 1. The highest BCUT2D eigenvalue weighted by Gasteiger charge is 2.50. The fourth-order valence-electron chi connectivity index (χ4n) is 4.03. The van der Waals surface area contributed by atoms with E-state index in [1.165, 1.54) is 10.5 Å². The molecule has 1 unspecified atom stereocenters. The highest BCUT2D eigenvalue weighted by Crippen LogP contribution is 2.41. The summed E-state index contributed by atoms with van der Waals surface area (Å²) in [7, 11) is -3.59. The molecule has 8 heteroatoms. The Morgan fingerprint density at radius 1 is 1.16 bits per heavy atom. The van der Waals surface area contributed by atoms with Crippen LogP contribution in [0.1, 0.15) is 46.0 Å². The molecule has 2 aliphatic heterocycles. The number of carbonyl (C=O) groups is 1. The molecule has 7 nitrogen and oxygen atoms in total. The summed E-state index contributed by atoms with van der Waals surface area (Å²) >= 11 is 0. The van der Waals surface area contributed by atoms with Gasteiger partial charge in [0.15, 0.2) is 0 Å². The van der Waals surface area contributed by atoms with E-state index in [-0.39, 0.29) is 10.8 Å². The molecule has 3 rings (SSSR count). The van der Waals surface area contributed by atoms with Crippen LogP contribution in [-0.4, -0.2) is 59.5 Å². The zero-order chi connectivity index (χ0) is 18.1. The number of nitrogens with zero attached hydrogens (tertiary/aromatic N) is 4. The van der Waals surface area contributed by atoms with Gasteiger partial charge in [0.25, 0.3) is 0 Å². The predicted molar refractivity (Wildman–Crippen MR) is 94.4 cm³/mol. The van der Waals surface area contributed by atoms with Crippen LogP contribution < -0.4 is 0 Å². The lowest BCUT2D eigenvalue weighted by Crippen LogP contribution is -2.50. The molecule has 0 saturated carbocycles. The smallest absolute Gasteiger partial charge is 0.246 e. The topological polar surface area (TPSA) is 75.5 Å².